The molecule has 0 N–H and O–H groups in total. The number of benzene rings is 1. The van der Waals surface area contributed by atoms with Gasteiger partial charge in [0.15, 0.2) is 5.78 Å². The van der Waals surface area contributed by atoms with Crippen LogP contribution in [-0.2, 0) is 4.79 Å². The maximum absolute atomic E-state index is 11.5. The van der Waals surface area contributed by atoms with E-state index in [1.165, 1.54) is 18.7 Å². The van der Waals surface area contributed by atoms with E-state index in [1.807, 2.05) is 6.26 Å². The quantitative estimate of drug-likeness (QED) is 0.282. The van der Waals surface area contributed by atoms with Crippen LogP contribution in [-0.4, -0.2) is 23.3 Å². The van der Waals surface area contributed by atoms with E-state index in [-0.39, 0.29) is 17.1 Å². The van der Waals surface area contributed by atoms with Gasteiger partial charge in [-0.05, 0) is 24.5 Å². The number of esters is 1. The first-order valence-electron chi connectivity index (χ1n) is 4.54. The number of thioether (sulfide) groups is 1. The molecule has 0 radical (unpaired) electrons. The fraction of sp³-hybridized carbons (Fsp3) is 0.273. The summed E-state index contributed by atoms with van der Waals surface area (Å²) < 4.78 is 5.02. The van der Waals surface area contributed by atoms with Crippen LogP contribution in [0.2, 0.25) is 0 Å². The Morgan fingerprint density at radius 1 is 1.44 bits per heavy atom. The molecule has 0 atom stereocenters. The van der Waals surface area contributed by atoms with Crippen molar-refractivity contribution in [3.05, 3.63) is 23.8 Å². The molecule has 0 fully saturated rings. The molecule has 0 unspecified atom stereocenters. The predicted octanol–water partition coefficient (Wildman–Crippen LogP) is 2.91. The predicted molar refractivity (Wildman–Crippen MR) is 67.7 cm³/mol. The van der Waals surface area contributed by atoms with Crippen LogP contribution < -0.4 is 4.74 Å². The molecular weight excluding hydrogens is 292 g/mol. The number of carbonyl (C=O) groups excluding carboxylic acids is 2. The van der Waals surface area contributed by atoms with Gasteiger partial charge in [-0.25, -0.2) is 0 Å². The molecule has 0 amide bonds. The molecule has 0 spiro atoms. The van der Waals surface area contributed by atoms with Crippen LogP contribution in [0.25, 0.3) is 0 Å². The van der Waals surface area contributed by atoms with Gasteiger partial charge in [-0.1, -0.05) is 15.9 Å². The standard InChI is InChI=1S/C11H11BrO3S/c1-7(13)15-10-4-3-8(9(14)6-12)5-11(10)16-2/h3-5H,6H2,1-2H3. The fourth-order valence-electron chi connectivity index (χ4n) is 1.16. The third-order valence-corrected chi connectivity index (χ3v) is 3.13. The Hall–Kier alpha value is -0.810. The average molecular weight is 303 g/mol. The fourth-order valence-corrected chi connectivity index (χ4v) is 2.04. The minimum Gasteiger partial charge on any atom is -0.426 e. The number of Topliss-reactive ketones (excluding diaryl/α,β-unsaturated/α-hetero) is 1. The Balaban J connectivity index is 3.06. The minimum absolute atomic E-state index is 0.00433. The number of hydrogen-bond donors (Lipinski definition) is 0. The number of alkyl halides is 1. The van der Waals surface area contributed by atoms with E-state index in [0.717, 1.165) is 4.90 Å². The number of rotatable bonds is 4. The van der Waals surface area contributed by atoms with Gasteiger partial charge in [0.25, 0.3) is 0 Å². The Bertz CT molecular complexity index is 418. The van der Waals surface area contributed by atoms with E-state index in [4.69, 9.17) is 4.74 Å². The number of halogens is 1. The number of ketones is 1. The van der Waals surface area contributed by atoms with Crippen LogP contribution >= 0.6 is 27.7 Å². The monoisotopic (exact) mass is 302 g/mol. The maximum atomic E-state index is 11.5. The molecule has 0 aromatic heterocycles. The van der Waals surface area contributed by atoms with E-state index in [0.29, 0.717) is 11.3 Å². The molecule has 0 saturated heterocycles. The second-order valence-electron chi connectivity index (χ2n) is 3.02. The van der Waals surface area contributed by atoms with Gasteiger partial charge in [-0.3, -0.25) is 9.59 Å². The van der Waals surface area contributed by atoms with Gasteiger partial charge >= 0.3 is 5.97 Å². The largest absolute Gasteiger partial charge is 0.426 e. The molecule has 1 rings (SSSR count). The van der Waals surface area contributed by atoms with Crippen molar-refractivity contribution < 1.29 is 14.3 Å². The number of ether oxygens (including phenoxy) is 1. The molecule has 0 aliphatic heterocycles. The summed E-state index contributed by atoms with van der Waals surface area (Å²) in [5, 5.41) is 0.285. The summed E-state index contributed by atoms with van der Waals surface area (Å²) in [5.74, 6) is 0.130. The van der Waals surface area contributed by atoms with E-state index in [2.05, 4.69) is 15.9 Å². The van der Waals surface area contributed by atoms with Gasteiger partial charge < -0.3 is 4.74 Å². The van der Waals surface area contributed by atoms with Crippen molar-refractivity contribution in [3.8, 4) is 5.75 Å². The lowest BCUT2D eigenvalue weighted by Gasteiger charge is -2.08. The Labute approximate surface area is 107 Å². The van der Waals surface area contributed by atoms with E-state index in [1.54, 1.807) is 18.2 Å². The highest BCUT2D eigenvalue weighted by atomic mass is 79.9. The first kappa shape index (κ1) is 13.3. The maximum Gasteiger partial charge on any atom is 0.308 e. The Morgan fingerprint density at radius 3 is 2.62 bits per heavy atom. The van der Waals surface area contributed by atoms with Crippen LogP contribution in [0.4, 0.5) is 0 Å². The molecule has 0 heterocycles. The molecule has 3 nitrogen and oxygen atoms in total. The average Bonchev–Trinajstić information content (AvgIpc) is 2.27. The molecule has 0 saturated carbocycles. The first-order valence-corrected chi connectivity index (χ1v) is 6.88. The van der Waals surface area contributed by atoms with Crippen LogP contribution in [0.1, 0.15) is 17.3 Å². The Kier molecular flexibility index (Phi) is 5.02. The summed E-state index contributed by atoms with van der Waals surface area (Å²) in [5.41, 5.74) is 0.608. The van der Waals surface area contributed by atoms with Crippen molar-refractivity contribution in [3.63, 3.8) is 0 Å². The van der Waals surface area contributed by atoms with Gasteiger partial charge in [0, 0.05) is 12.5 Å². The third kappa shape index (κ3) is 3.35. The summed E-state index contributed by atoms with van der Waals surface area (Å²) in [6.07, 6.45) is 1.87. The zero-order valence-corrected chi connectivity index (χ0v) is 11.4. The molecule has 0 bridgehead atoms. The van der Waals surface area contributed by atoms with Gasteiger partial charge in [-0.15, -0.1) is 11.8 Å². The van der Waals surface area contributed by atoms with Crippen molar-refractivity contribution in [2.45, 2.75) is 11.8 Å². The lowest BCUT2D eigenvalue weighted by molar-refractivity contribution is -0.132. The highest BCUT2D eigenvalue weighted by Gasteiger charge is 2.10. The molecule has 1 aromatic rings. The molecule has 5 heteroatoms. The van der Waals surface area contributed by atoms with Crippen LogP contribution in [0.5, 0.6) is 5.75 Å². The smallest absolute Gasteiger partial charge is 0.308 e. The number of hydrogen-bond acceptors (Lipinski definition) is 4. The highest BCUT2D eigenvalue weighted by Crippen LogP contribution is 2.29. The molecule has 0 aliphatic rings. The summed E-state index contributed by atoms with van der Waals surface area (Å²) in [6, 6.07) is 5.03. The van der Waals surface area contributed by atoms with Gasteiger partial charge in [-0.2, -0.15) is 0 Å². The normalized spacial score (nSPS) is 9.94. The second kappa shape index (κ2) is 6.06. The van der Waals surface area contributed by atoms with Crippen molar-refractivity contribution in [1.82, 2.24) is 0 Å². The third-order valence-electron chi connectivity index (χ3n) is 1.86. The highest BCUT2D eigenvalue weighted by molar-refractivity contribution is 9.09. The zero-order chi connectivity index (χ0) is 12.1. The molecule has 0 aliphatic carbocycles. The summed E-state index contributed by atoms with van der Waals surface area (Å²) >= 11 is 4.55. The van der Waals surface area contributed by atoms with E-state index in [9.17, 15) is 9.59 Å². The SMILES string of the molecule is CSc1cc(C(=O)CBr)ccc1OC(C)=O. The summed E-state index contributed by atoms with van der Waals surface area (Å²) in [6.45, 7) is 1.35. The lowest BCUT2D eigenvalue weighted by atomic mass is 10.1. The Morgan fingerprint density at radius 2 is 2.12 bits per heavy atom. The van der Waals surface area contributed by atoms with Gasteiger partial charge in [0.05, 0.1) is 10.2 Å². The molecule has 86 valence electrons. The molecular formula is C11H11BrO3S. The van der Waals surface area contributed by atoms with Crippen LogP contribution in [0.15, 0.2) is 23.1 Å². The van der Waals surface area contributed by atoms with Gasteiger partial charge in [0.2, 0.25) is 0 Å². The van der Waals surface area contributed by atoms with E-state index < -0.39 is 0 Å². The lowest BCUT2D eigenvalue weighted by Crippen LogP contribution is -2.04. The van der Waals surface area contributed by atoms with Crippen molar-refractivity contribution in [2.75, 3.05) is 11.6 Å². The summed E-state index contributed by atoms with van der Waals surface area (Å²) in [7, 11) is 0. The van der Waals surface area contributed by atoms with Crippen molar-refractivity contribution >= 4 is 39.4 Å². The van der Waals surface area contributed by atoms with Crippen molar-refractivity contribution in [1.29, 1.82) is 0 Å². The second-order valence-corrected chi connectivity index (χ2v) is 4.42. The first-order chi connectivity index (χ1) is 7.58. The molecule has 1 aromatic carbocycles. The minimum atomic E-state index is -0.366. The van der Waals surface area contributed by atoms with Crippen molar-refractivity contribution in [2.24, 2.45) is 0 Å². The topological polar surface area (TPSA) is 43.4 Å². The van der Waals surface area contributed by atoms with Gasteiger partial charge in [0.1, 0.15) is 5.75 Å². The van der Waals surface area contributed by atoms with Crippen LogP contribution in [0.3, 0.4) is 0 Å². The molecule has 16 heavy (non-hydrogen) atoms. The van der Waals surface area contributed by atoms with E-state index >= 15 is 0 Å². The van der Waals surface area contributed by atoms with Crippen LogP contribution in [0, 0.1) is 0 Å². The zero-order valence-electron chi connectivity index (χ0n) is 8.95. The summed E-state index contributed by atoms with van der Waals surface area (Å²) in [4.78, 5) is 23.1. The number of carbonyl (C=O) groups is 2.